The van der Waals surface area contributed by atoms with Crippen molar-refractivity contribution in [1.29, 1.82) is 0 Å². The second kappa shape index (κ2) is 6.70. The van der Waals surface area contributed by atoms with Crippen LogP contribution in [0.25, 0.3) is 0 Å². The molecule has 0 radical (unpaired) electrons. The zero-order valence-electron chi connectivity index (χ0n) is 13.5. The maximum atomic E-state index is 12.8. The number of hydrogen-bond acceptors (Lipinski definition) is 3. The molecule has 6 nitrogen and oxygen atoms in total. The number of amides is 1. The fourth-order valence-electron chi connectivity index (χ4n) is 2.58. The minimum atomic E-state index is -4.45. The Morgan fingerprint density at radius 1 is 1.40 bits per heavy atom. The highest BCUT2D eigenvalue weighted by Crippen LogP contribution is 2.42. The summed E-state index contributed by atoms with van der Waals surface area (Å²) in [5.41, 5.74) is -0.119. The minimum absolute atomic E-state index is 0.126. The van der Waals surface area contributed by atoms with Crippen molar-refractivity contribution < 1.29 is 18.0 Å². The van der Waals surface area contributed by atoms with Crippen molar-refractivity contribution in [3.63, 3.8) is 0 Å². The molecule has 0 saturated heterocycles. The summed E-state index contributed by atoms with van der Waals surface area (Å²) >= 11 is 5.89. The third-order valence-electron chi connectivity index (χ3n) is 3.93. The Kier molecular flexibility index (Phi) is 4.77. The van der Waals surface area contributed by atoms with Crippen LogP contribution in [0.3, 0.4) is 0 Å². The molecule has 0 unspecified atom stereocenters. The molecule has 2 aromatic rings. The number of carbonyl (C=O) groups excluding carboxylic acids is 1. The van der Waals surface area contributed by atoms with Crippen molar-refractivity contribution in [1.82, 2.24) is 24.9 Å². The van der Waals surface area contributed by atoms with Crippen molar-refractivity contribution in [2.24, 2.45) is 7.05 Å². The number of aryl methyl sites for hydroxylation is 2. The summed E-state index contributed by atoms with van der Waals surface area (Å²) < 4.78 is 41.3. The lowest BCUT2D eigenvalue weighted by Gasteiger charge is -2.07. The third-order valence-corrected chi connectivity index (χ3v) is 4.21. The van der Waals surface area contributed by atoms with Gasteiger partial charge in [-0.05, 0) is 25.3 Å². The van der Waals surface area contributed by atoms with Crippen molar-refractivity contribution in [2.75, 3.05) is 6.54 Å². The molecule has 0 bridgehead atoms. The van der Waals surface area contributed by atoms with Crippen LogP contribution in [-0.2, 0) is 19.8 Å². The van der Waals surface area contributed by atoms with E-state index in [0.29, 0.717) is 18.7 Å². The van der Waals surface area contributed by atoms with Crippen LogP contribution in [0.5, 0.6) is 0 Å². The van der Waals surface area contributed by atoms with Gasteiger partial charge in [-0.15, -0.1) is 0 Å². The number of aromatic nitrogens is 4. The Hall–Kier alpha value is -2.03. The minimum Gasteiger partial charge on any atom is -0.351 e. The lowest BCUT2D eigenvalue weighted by atomic mass is 10.2. The molecule has 2 heterocycles. The molecule has 0 aliphatic heterocycles. The number of nitrogens with one attached hydrogen (secondary N) is 1. The van der Waals surface area contributed by atoms with E-state index >= 15 is 0 Å². The maximum absolute atomic E-state index is 12.8. The largest absolute Gasteiger partial charge is 0.435 e. The smallest absolute Gasteiger partial charge is 0.351 e. The standard InChI is InChI=1S/C15H17ClF3N5O/c1-23-8-10(16)13(22-23)14(25)20-5-2-6-24-11(9-3-4-9)7-12(21-24)15(17,18)19/h7-9H,2-6H2,1H3,(H,20,25). The highest BCUT2D eigenvalue weighted by molar-refractivity contribution is 6.33. The van der Waals surface area contributed by atoms with E-state index in [1.54, 1.807) is 7.05 Å². The number of nitrogens with zero attached hydrogens (tertiary/aromatic N) is 4. The SMILES string of the molecule is Cn1cc(Cl)c(C(=O)NCCCn2nc(C(F)(F)F)cc2C2CC2)n1. The normalized spacial score (nSPS) is 14.8. The van der Waals surface area contributed by atoms with Gasteiger partial charge in [0, 0.05) is 37.9 Å². The molecular weight excluding hydrogens is 359 g/mol. The summed E-state index contributed by atoms with van der Waals surface area (Å²) in [5.74, 6) is -0.255. The van der Waals surface area contributed by atoms with E-state index in [4.69, 9.17) is 11.6 Å². The topological polar surface area (TPSA) is 64.7 Å². The van der Waals surface area contributed by atoms with E-state index in [1.165, 1.54) is 15.6 Å². The van der Waals surface area contributed by atoms with Gasteiger partial charge in [0.1, 0.15) is 0 Å². The fraction of sp³-hybridized carbons (Fsp3) is 0.533. The molecule has 25 heavy (non-hydrogen) atoms. The van der Waals surface area contributed by atoms with Crippen molar-refractivity contribution in [2.45, 2.75) is 37.9 Å². The summed E-state index contributed by atoms with van der Waals surface area (Å²) in [6.45, 7) is 0.592. The summed E-state index contributed by atoms with van der Waals surface area (Å²) in [7, 11) is 1.65. The monoisotopic (exact) mass is 375 g/mol. The number of rotatable bonds is 6. The summed E-state index contributed by atoms with van der Waals surface area (Å²) in [5, 5.41) is 10.5. The number of alkyl halides is 3. The van der Waals surface area contributed by atoms with Crippen molar-refractivity contribution >= 4 is 17.5 Å². The van der Waals surface area contributed by atoms with Crippen molar-refractivity contribution in [3.05, 3.63) is 34.4 Å². The van der Waals surface area contributed by atoms with Crippen LogP contribution in [0.1, 0.15) is 47.1 Å². The van der Waals surface area contributed by atoms with Crippen LogP contribution in [-0.4, -0.2) is 32.0 Å². The molecule has 1 saturated carbocycles. The second-order valence-electron chi connectivity index (χ2n) is 6.06. The van der Waals surface area contributed by atoms with Gasteiger partial charge in [0.25, 0.3) is 5.91 Å². The average molecular weight is 376 g/mol. The fourth-order valence-corrected chi connectivity index (χ4v) is 2.85. The molecule has 10 heteroatoms. The van der Waals surface area contributed by atoms with Crippen LogP contribution >= 0.6 is 11.6 Å². The molecule has 0 atom stereocenters. The van der Waals surface area contributed by atoms with Gasteiger partial charge in [-0.1, -0.05) is 11.6 Å². The average Bonchev–Trinajstić information content (AvgIpc) is 3.17. The third kappa shape index (κ3) is 4.15. The molecule has 1 aliphatic carbocycles. The van der Waals surface area contributed by atoms with Gasteiger partial charge in [0.2, 0.25) is 0 Å². The first kappa shape index (κ1) is 17.8. The molecule has 1 N–H and O–H groups in total. The lowest BCUT2D eigenvalue weighted by molar-refractivity contribution is -0.141. The first-order chi connectivity index (χ1) is 11.8. The molecule has 2 aromatic heterocycles. The number of halogens is 4. The highest BCUT2D eigenvalue weighted by Gasteiger charge is 2.37. The zero-order valence-corrected chi connectivity index (χ0v) is 14.2. The Morgan fingerprint density at radius 3 is 2.68 bits per heavy atom. The zero-order chi connectivity index (χ0) is 18.2. The number of hydrogen-bond donors (Lipinski definition) is 1. The quantitative estimate of drug-likeness (QED) is 0.789. The van der Waals surface area contributed by atoms with E-state index in [0.717, 1.165) is 18.9 Å². The predicted octanol–water partition coefficient (Wildman–Crippen LogP) is 2.99. The van der Waals surface area contributed by atoms with Gasteiger partial charge >= 0.3 is 6.18 Å². The molecule has 3 rings (SSSR count). The van der Waals surface area contributed by atoms with E-state index < -0.39 is 17.8 Å². The highest BCUT2D eigenvalue weighted by atomic mass is 35.5. The van der Waals surface area contributed by atoms with E-state index in [9.17, 15) is 18.0 Å². The maximum Gasteiger partial charge on any atom is 0.435 e. The van der Waals surface area contributed by atoms with Gasteiger partial charge < -0.3 is 5.32 Å². The summed E-state index contributed by atoms with van der Waals surface area (Å²) in [4.78, 5) is 12.0. The van der Waals surface area contributed by atoms with Gasteiger partial charge in [-0.25, -0.2) is 0 Å². The van der Waals surface area contributed by atoms with E-state index in [2.05, 4.69) is 15.5 Å². The Bertz CT molecular complexity index is 779. The summed E-state index contributed by atoms with van der Waals surface area (Å²) in [6.07, 6.45) is -0.704. The Morgan fingerprint density at radius 2 is 2.12 bits per heavy atom. The predicted molar refractivity (Wildman–Crippen MR) is 84.4 cm³/mol. The van der Waals surface area contributed by atoms with Crippen LogP contribution in [0.15, 0.2) is 12.3 Å². The summed E-state index contributed by atoms with van der Waals surface area (Å²) in [6, 6.07) is 1.13. The second-order valence-corrected chi connectivity index (χ2v) is 6.47. The Balaban J connectivity index is 1.56. The lowest BCUT2D eigenvalue weighted by Crippen LogP contribution is -2.26. The van der Waals surface area contributed by atoms with Crippen LogP contribution in [0.4, 0.5) is 13.2 Å². The Labute approximate surface area is 146 Å². The van der Waals surface area contributed by atoms with E-state index in [-0.39, 0.29) is 23.2 Å². The molecule has 0 spiro atoms. The molecule has 136 valence electrons. The number of carbonyl (C=O) groups is 1. The van der Waals surface area contributed by atoms with Gasteiger partial charge in [-0.3, -0.25) is 14.2 Å². The molecule has 0 aromatic carbocycles. The first-order valence-corrected chi connectivity index (χ1v) is 8.26. The van der Waals surface area contributed by atoms with Gasteiger partial charge in [0.15, 0.2) is 11.4 Å². The van der Waals surface area contributed by atoms with Crippen LogP contribution in [0.2, 0.25) is 5.02 Å². The van der Waals surface area contributed by atoms with Crippen LogP contribution < -0.4 is 5.32 Å². The van der Waals surface area contributed by atoms with Gasteiger partial charge in [0.05, 0.1) is 5.02 Å². The van der Waals surface area contributed by atoms with Crippen molar-refractivity contribution in [3.8, 4) is 0 Å². The van der Waals surface area contributed by atoms with E-state index in [1.807, 2.05) is 0 Å². The molecule has 1 fully saturated rings. The van der Waals surface area contributed by atoms with Crippen LogP contribution in [0, 0.1) is 0 Å². The molecule has 1 aliphatic rings. The molecule has 1 amide bonds. The first-order valence-electron chi connectivity index (χ1n) is 7.88. The molecular formula is C15H17ClF3N5O. The van der Waals surface area contributed by atoms with Gasteiger partial charge in [-0.2, -0.15) is 23.4 Å².